The fraction of sp³-hybridized carbons (Fsp3) is 0.875. The van der Waals surface area contributed by atoms with Crippen molar-refractivity contribution in [3.63, 3.8) is 0 Å². The van der Waals surface area contributed by atoms with Gasteiger partial charge < -0.3 is 38.2 Å². The molecule has 0 aliphatic heterocycles. The van der Waals surface area contributed by atoms with E-state index >= 15 is 0 Å². The molecule has 0 spiro atoms. The van der Waals surface area contributed by atoms with E-state index in [9.17, 15) is 0 Å². The summed E-state index contributed by atoms with van der Waals surface area (Å²) in [7, 11) is 14.5. The summed E-state index contributed by atoms with van der Waals surface area (Å²) >= 11 is 0. The standard InChI is InChI=1S/C24H48N6O6/c1-13-15-17-28(4)19-25-20(29(5)18-16-14-2)27-21(26-19)30(6)24(35-11,36-12)23(33-9,34-10)22(3,31-7)32-8/h13-18H2,1-12H3. The predicted octanol–water partition coefficient (Wildman–Crippen LogP) is 2.73. The van der Waals surface area contributed by atoms with Crippen molar-refractivity contribution >= 4 is 17.8 Å². The van der Waals surface area contributed by atoms with Crippen molar-refractivity contribution in [2.45, 2.75) is 63.9 Å². The molecule has 0 radical (unpaired) electrons. The molecular weight excluding hydrogens is 468 g/mol. The van der Waals surface area contributed by atoms with Crippen LogP contribution in [0.1, 0.15) is 46.5 Å². The molecule has 1 aromatic heterocycles. The highest BCUT2D eigenvalue weighted by molar-refractivity contribution is 5.47. The molecule has 12 nitrogen and oxygen atoms in total. The highest BCUT2D eigenvalue weighted by Gasteiger charge is 2.70. The van der Waals surface area contributed by atoms with Crippen LogP contribution in [0.15, 0.2) is 0 Å². The Hall–Kier alpha value is -1.83. The number of hydrogen-bond donors (Lipinski definition) is 0. The number of methoxy groups -OCH3 is 6. The lowest BCUT2D eigenvalue weighted by molar-refractivity contribution is -0.471. The van der Waals surface area contributed by atoms with Gasteiger partial charge in [0.1, 0.15) is 0 Å². The third-order valence-corrected chi connectivity index (χ3v) is 6.64. The summed E-state index contributed by atoms with van der Waals surface area (Å²) in [4.78, 5) is 19.9. The fourth-order valence-electron chi connectivity index (χ4n) is 4.15. The van der Waals surface area contributed by atoms with E-state index in [1.807, 2.05) is 23.9 Å². The van der Waals surface area contributed by atoms with Gasteiger partial charge in [-0.15, -0.1) is 0 Å². The smallest absolute Gasteiger partial charge is 0.316 e. The van der Waals surface area contributed by atoms with E-state index in [-0.39, 0.29) is 0 Å². The van der Waals surface area contributed by atoms with E-state index in [1.54, 1.807) is 18.9 Å². The first kappa shape index (κ1) is 32.2. The predicted molar refractivity (Wildman–Crippen MR) is 141 cm³/mol. The molecule has 0 saturated heterocycles. The molecule has 0 atom stereocenters. The number of aromatic nitrogens is 3. The Morgan fingerprint density at radius 3 is 1.31 bits per heavy atom. The van der Waals surface area contributed by atoms with E-state index < -0.39 is 17.5 Å². The van der Waals surface area contributed by atoms with Gasteiger partial charge in [-0.1, -0.05) is 26.7 Å². The average molecular weight is 517 g/mol. The Labute approximate surface area is 217 Å². The summed E-state index contributed by atoms with van der Waals surface area (Å²) < 4.78 is 35.3. The van der Waals surface area contributed by atoms with Crippen molar-refractivity contribution in [3.05, 3.63) is 0 Å². The topological polar surface area (TPSA) is 104 Å². The minimum Gasteiger partial charge on any atom is -0.349 e. The van der Waals surface area contributed by atoms with Crippen molar-refractivity contribution in [2.75, 3.05) is 91.6 Å². The molecule has 1 rings (SSSR count). The van der Waals surface area contributed by atoms with Gasteiger partial charge >= 0.3 is 11.7 Å². The van der Waals surface area contributed by atoms with Crippen molar-refractivity contribution in [1.29, 1.82) is 0 Å². The second-order valence-electron chi connectivity index (χ2n) is 8.71. The van der Waals surface area contributed by atoms with Crippen molar-refractivity contribution in [2.24, 2.45) is 0 Å². The van der Waals surface area contributed by atoms with Crippen LogP contribution in [-0.2, 0) is 28.4 Å². The summed E-state index contributed by atoms with van der Waals surface area (Å²) in [5.41, 5.74) is 0. The quantitative estimate of drug-likeness (QED) is 0.268. The Morgan fingerprint density at radius 2 is 1.00 bits per heavy atom. The molecule has 0 fully saturated rings. The molecule has 0 saturated carbocycles. The van der Waals surface area contributed by atoms with E-state index in [0.29, 0.717) is 17.8 Å². The Bertz CT molecular complexity index is 741. The van der Waals surface area contributed by atoms with Crippen molar-refractivity contribution in [1.82, 2.24) is 15.0 Å². The van der Waals surface area contributed by atoms with Crippen LogP contribution in [0.2, 0.25) is 0 Å². The maximum absolute atomic E-state index is 6.00. The van der Waals surface area contributed by atoms with E-state index in [2.05, 4.69) is 13.8 Å². The summed E-state index contributed by atoms with van der Waals surface area (Å²) in [6.45, 7) is 7.56. The van der Waals surface area contributed by atoms with Gasteiger partial charge in [-0.3, -0.25) is 4.90 Å². The second kappa shape index (κ2) is 14.2. The normalized spacial score (nSPS) is 12.7. The van der Waals surface area contributed by atoms with Crippen molar-refractivity contribution in [3.8, 4) is 0 Å². The number of unbranched alkanes of at least 4 members (excludes halogenated alkanes) is 2. The first-order valence-electron chi connectivity index (χ1n) is 12.3. The van der Waals surface area contributed by atoms with Crippen LogP contribution < -0.4 is 14.7 Å². The van der Waals surface area contributed by atoms with Gasteiger partial charge in [0.2, 0.25) is 23.6 Å². The summed E-state index contributed by atoms with van der Waals surface area (Å²) in [6, 6.07) is 0. The van der Waals surface area contributed by atoms with Crippen LogP contribution in [0.4, 0.5) is 17.8 Å². The molecule has 1 aromatic rings. The summed E-state index contributed by atoms with van der Waals surface area (Å²) in [5.74, 6) is -3.62. The van der Waals surface area contributed by atoms with Crippen molar-refractivity contribution < 1.29 is 28.4 Å². The second-order valence-corrected chi connectivity index (χ2v) is 8.71. The first-order chi connectivity index (χ1) is 17.1. The Morgan fingerprint density at radius 1 is 0.611 bits per heavy atom. The monoisotopic (exact) mass is 516 g/mol. The number of likely N-dealkylation sites (N-methyl/N-ethyl adjacent to an activating group) is 1. The van der Waals surface area contributed by atoms with Gasteiger partial charge in [-0.05, 0) is 19.8 Å². The van der Waals surface area contributed by atoms with Gasteiger partial charge in [0.25, 0.3) is 0 Å². The third kappa shape index (κ3) is 6.00. The Balaban J connectivity index is 3.82. The lowest BCUT2D eigenvalue weighted by Crippen LogP contribution is -2.76. The highest BCUT2D eigenvalue weighted by atomic mass is 16.8. The number of ether oxygens (including phenoxy) is 6. The van der Waals surface area contributed by atoms with Crippen LogP contribution >= 0.6 is 0 Å². The van der Waals surface area contributed by atoms with E-state index in [4.69, 9.17) is 43.4 Å². The molecule has 36 heavy (non-hydrogen) atoms. The first-order valence-corrected chi connectivity index (χ1v) is 12.3. The molecule has 210 valence electrons. The van der Waals surface area contributed by atoms with Crippen LogP contribution in [0.3, 0.4) is 0 Å². The minimum absolute atomic E-state index is 0.290. The largest absolute Gasteiger partial charge is 0.349 e. The molecule has 0 amide bonds. The molecule has 0 aliphatic rings. The van der Waals surface area contributed by atoms with Gasteiger partial charge in [0, 0.05) is 76.9 Å². The number of nitrogens with zero attached hydrogens (tertiary/aromatic N) is 6. The van der Waals surface area contributed by atoms with Gasteiger partial charge in [0.15, 0.2) is 0 Å². The van der Waals surface area contributed by atoms with Crippen LogP contribution in [0.5, 0.6) is 0 Å². The zero-order chi connectivity index (χ0) is 27.6. The molecular formula is C24H48N6O6. The molecule has 1 heterocycles. The Kier molecular flexibility index (Phi) is 12.7. The van der Waals surface area contributed by atoms with E-state index in [1.165, 1.54) is 42.7 Å². The van der Waals surface area contributed by atoms with Crippen LogP contribution in [0.25, 0.3) is 0 Å². The zero-order valence-corrected chi connectivity index (χ0v) is 24.4. The average Bonchev–Trinajstić information content (AvgIpc) is 2.92. The molecule has 12 heteroatoms. The molecule has 0 N–H and O–H groups in total. The zero-order valence-electron chi connectivity index (χ0n) is 24.4. The lowest BCUT2D eigenvalue weighted by Gasteiger charge is -2.54. The molecule has 0 aromatic carbocycles. The molecule has 0 bridgehead atoms. The van der Waals surface area contributed by atoms with Crippen LogP contribution in [0, 0.1) is 0 Å². The maximum atomic E-state index is 6.00. The number of rotatable bonds is 18. The summed E-state index contributed by atoms with van der Waals surface area (Å²) in [5, 5.41) is 0. The van der Waals surface area contributed by atoms with Crippen LogP contribution in [-0.4, -0.2) is 109 Å². The fourth-order valence-corrected chi connectivity index (χ4v) is 4.15. The summed E-state index contributed by atoms with van der Waals surface area (Å²) in [6.07, 6.45) is 4.12. The van der Waals surface area contributed by atoms with E-state index in [0.717, 1.165) is 38.8 Å². The van der Waals surface area contributed by atoms with Gasteiger partial charge in [-0.25, -0.2) is 0 Å². The van der Waals surface area contributed by atoms with Gasteiger partial charge in [-0.2, -0.15) is 15.0 Å². The SMILES string of the molecule is CCCCN(C)c1nc(N(C)CCCC)nc(N(C)C(OC)(OC)C(OC)(OC)C(C)(OC)OC)n1. The number of hydrogen-bond acceptors (Lipinski definition) is 12. The third-order valence-electron chi connectivity index (χ3n) is 6.64. The molecule has 0 unspecified atom stereocenters. The minimum atomic E-state index is -1.75. The van der Waals surface area contributed by atoms with Gasteiger partial charge in [0.05, 0.1) is 0 Å². The molecule has 0 aliphatic carbocycles. The number of anilines is 3. The lowest BCUT2D eigenvalue weighted by atomic mass is 10.0. The maximum Gasteiger partial charge on any atom is 0.316 e. The highest BCUT2D eigenvalue weighted by Crippen LogP contribution is 2.44.